The Hall–Kier alpha value is -5.79. The lowest BCUT2D eigenvalue weighted by molar-refractivity contribution is 0.666. The predicted octanol–water partition coefficient (Wildman–Crippen LogP) is 10.3. The van der Waals surface area contributed by atoms with E-state index >= 15 is 0 Å². The Bertz CT molecular complexity index is 2500. The molecule has 0 bridgehead atoms. The van der Waals surface area contributed by atoms with Gasteiger partial charge in [0, 0.05) is 32.6 Å². The van der Waals surface area contributed by atoms with E-state index in [1.807, 2.05) is 18.2 Å². The van der Waals surface area contributed by atoms with Gasteiger partial charge in [0.2, 0.25) is 0 Å². The summed E-state index contributed by atoms with van der Waals surface area (Å²) in [4.78, 5) is 3.68. The largest absolute Gasteiger partial charge is 0.454 e. The average Bonchev–Trinajstić information content (AvgIpc) is 3.68. The van der Waals surface area contributed by atoms with E-state index < -0.39 is 0 Å². The van der Waals surface area contributed by atoms with Gasteiger partial charge in [-0.05, 0) is 60.0 Å². The maximum Gasteiger partial charge on any atom is 0.188 e. The topological polar surface area (TPSA) is 27.4 Å². The second-order valence-corrected chi connectivity index (χ2v) is 10.5. The van der Waals surface area contributed by atoms with Crippen LogP contribution in [0.4, 0.5) is 5.69 Å². The van der Waals surface area contributed by atoms with Gasteiger partial charge < -0.3 is 13.6 Å². The maximum atomic E-state index is 7.53. The van der Waals surface area contributed by atoms with Crippen LogP contribution in [0.1, 0.15) is 0 Å². The molecular weight excluding hydrogens is 502 g/mol. The molecule has 190 valence electrons. The van der Waals surface area contributed by atoms with Crippen LogP contribution in [-0.4, -0.2) is 9.13 Å². The molecule has 0 atom stereocenters. The van der Waals surface area contributed by atoms with E-state index in [1.165, 1.54) is 21.8 Å². The zero-order valence-corrected chi connectivity index (χ0v) is 21.9. The Balaban J connectivity index is 1.33. The second kappa shape index (κ2) is 8.11. The molecule has 9 aromatic rings. The summed E-state index contributed by atoms with van der Waals surface area (Å²) in [7, 11) is 0. The summed E-state index contributed by atoms with van der Waals surface area (Å²) in [6, 6.07) is 44.3. The third-order valence-corrected chi connectivity index (χ3v) is 8.32. The molecule has 0 spiro atoms. The quantitative estimate of drug-likeness (QED) is 0.207. The number of furan rings is 1. The van der Waals surface area contributed by atoms with Crippen molar-refractivity contribution in [2.45, 2.75) is 0 Å². The van der Waals surface area contributed by atoms with Gasteiger partial charge in [-0.25, -0.2) is 4.85 Å². The monoisotopic (exact) mass is 523 g/mol. The van der Waals surface area contributed by atoms with E-state index in [0.29, 0.717) is 5.69 Å². The van der Waals surface area contributed by atoms with Crippen LogP contribution in [-0.2, 0) is 0 Å². The van der Waals surface area contributed by atoms with Crippen molar-refractivity contribution in [3.05, 3.63) is 139 Å². The molecule has 3 aromatic heterocycles. The van der Waals surface area contributed by atoms with Crippen LogP contribution in [0.5, 0.6) is 0 Å². The zero-order valence-electron chi connectivity index (χ0n) is 21.9. The highest BCUT2D eigenvalue weighted by Gasteiger charge is 2.19. The van der Waals surface area contributed by atoms with Gasteiger partial charge in [-0.3, -0.25) is 0 Å². The molecule has 4 nitrogen and oxygen atoms in total. The normalized spacial score (nSPS) is 11.9. The molecule has 41 heavy (non-hydrogen) atoms. The maximum absolute atomic E-state index is 7.53. The minimum atomic E-state index is 0.639. The first-order valence-corrected chi connectivity index (χ1v) is 13.6. The summed E-state index contributed by atoms with van der Waals surface area (Å²) in [6.07, 6.45) is 0. The van der Waals surface area contributed by atoms with Gasteiger partial charge in [0.1, 0.15) is 5.58 Å². The number of para-hydroxylation sites is 4. The summed E-state index contributed by atoms with van der Waals surface area (Å²) in [5.41, 5.74) is 8.94. The molecule has 0 saturated heterocycles. The Morgan fingerprint density at radius 2 is 1.10 bits per heavy atom. The van der Waals surface area contributed by atoms with Gasteiger partial charge >= 0.3 is 0 Å². The van der Waals surface area contributed by atoms with Crippen LogP contribution in [0.2, 0.25) is 0 Å². The van der Waals surface area contributed by atoms with E-state index in [2.05, 4.69) is 123 Å². The Labute approximate surface area is 234 Å². The number of rotatable bonds is 2. The van der Waals surface area contributed by atoms with Crippen LogP contribution in [0, 0.1) is 6.57 Å². The molecule has 0 saturated carbocycles. The standard InChI is InChI=1S/C37H21N3O/c1-38-23-17-19-34-29(21-23)27-11-4-7-15-33(27)40(34)35-16-8-12-28-30-22-24(18-20-36(30)41-37(28)35)39-31-13-5-2-9-25(31)26-10-3-6-14-32(26)39/h2-22H. The Kier molecular flexibility index (Phi) is 4.37. The lowest BCUT2D eigenvalue weighted by atomic mass is 10.1. The van der Waals surface area contributed by atoms with Crippen LogP contribution in [0.3, 0.4) is 0 Å². The summed E-state index contributed by atoms with van der Waals surface area (Å²) in [6.45, 7) is 7.53. The molecule has 6 aromatic carbocycles. The molecule has 0 fully saturated rings. The first kappa shape index (κ1) is 22.1. The van der Waals surface area contributed by atoms with E-state index in [0.717, 1.165) is 55.1 Å². The van der Waals surface area contributed by atoms with Gasteiger partial charge in [-0.2, -0.15) is 0 Å². The molecule has 9 rings (SSSR count). The van der Waals surface area contributed by atoms with E-state index in [-0.39, 0.29) is 0 Å². The van der Waals surface area contributed by atoms with E-state index in [1.54, 1.807) is 0 Å². The third kappa shape index (κ3) is 2.98. The van der Waals surface area contributed by atoms with Gasteiger partial charge in [0.25, 0.3) is 0 Å². The molecule has 0 aliphatic rings. The highest BCUT2D eigenvalue weighted by atomic mass is 16.3. The molecular formula is C37H21N3O. The van der Waals surface area contributed by atoms with Crippen molar-refractivity contribution in [2.75, 3.05) is 0 Å². The molecule has 0 N–H and O–H groups in total. The number of benzene rings is 6. The Morgan fingerprint density at radius 1 is 0.488 bits per heavy atom. The van der Waals surface area contributed by atoms with Crippen molar-refractivity contribution in [3.8, 4) is 11.4 Å². The molecule has 0 aliphatic heterocycles. The van der Waals surface area contributed by atoms with Crippen molar-refractivity contribution in [1.82, 2.24) is 9.13 Å². The lowest BCUT2D eigenvalue weighted by Crippen LogP contribution is -1.94. The summed E-state index contributed by atoms with van der Waals surface area (Å²) >= 11 is 0. The zero-order chi connectivity index (χ0) is 27.1. The third-order valence-electron chi connectivity index (χ3n) is 8.32. The minimum Gasteiger partial charge on any atom is -0.454 e. The average molecular weight is 524 g/mol. The molecule has 0 radical (unpaired) electrons. The first-order chi connectivity index (χ1) is 20.3. The van der Waals surface area contributed by atoms with Gasteiger partial charge in [-0.15, -0.1) is 0 Å². The van der Waals surface area contributed by atoms with Crippen molar-refractivity contribution >= 4 is 71.2 Å². The van der Waals surface area contributed by atoms with Gasteiger partial charge in [-0.1, -0.05) is 72.8 Å². The Morgan fingerprint density at radius 3 is 1.80 bits per heavy atom. The fourth-order valence-electron chi connectivity index (χ4n) is 6.58. The SMILES string of the molecule is [C-]#[N+]c1ccc2c(c1)c1ccccc1n2-c1cccc2c1oc1ccc(-n3c4ccccc4c4ccccc43)cc12. The van der Waals surface area contributed by atoms with Gasteiger partial charge in [0.15, 0.2) is 11.3 Å². The number of hydrogen-bond acceptors (Lipinski definition) is 1. The van der Waals surface area contributed by atoms with E-state index in [9.17, 15) is 0 Å². The number of fused-ring (bicyclic) bond motifs is 9. The predicted molar refractivity (Wildman–Crippen MR) is 169 cm³/mol. The molecule has 0 aliphatic carbocycles. The highest BCUT2D eigenvalue weighted by molar-refractivity contribution is 6.14. The van der Waals surface area contributed by atoms with Crippen LogP contribution < -0.4 is 0 Å². The molecule has 4 heteroatoms. The number of aromatic nitrogens is 2. The van der Waals surface area contributed by atoms with Crippen molar-refractivity contribution in [3.63, 3.8) is 0 Å². The van der Waals surface area contributed by atoms with Crippen molar-refractivity contribution in [2.24, 2.45) is 0 Å². The lowest BCUT2D eigenvalue weighted by Gasteiger charge is -2.08. The summed E-state index contributed by atoms with van der Waals surface area (Å²) < 4.78 is 11.2. The van der Waals surface area contributed by atoms with Crippen LogP contribution in [0.25, 0.3) is 81.8 Å². The molecule has 3 heterocycles. The fourth-order valence-corrected chi connectivity index (χ4v) is 6.58. The van der Waals surface area contributed by atoms with Crippen molar-refractivity contribution < 1.29 is 4.42 Å². The van der Waals surface area contributed by atoms with Crippen LogP contribution >= 0.6 is 0 Å². The first-order valence-electron chi connectivity index (χ1n) is 13.6. The number of hydrogen-bond donors (Lipinski definition) is 0. The molecule has 0 amide bonds. The smallest absolute Gasteiger partial charge is 0.188 e. The summed E-state index contributed by atoms with van der Waals surface area (Å²) in [5, 5.41) is 6.83. The van der Waals surface area contributed by atoms with E-state index in [4.69, 9.17) is 11.0 Å². The van der Waals surface area contributed by atoms with Gasteiger partial charge in [0.05, 0.1) is 34.3 Å². The van der Waals surface area contributed by atoms with Crippen LogP contribution in [0.15, 0.2) is 132 Å². The molecule has 0 unspecified atom stereocenters. The summed E-state index contributed by atoms with van der Waals surface area (Å²) in [5.74, 6) is 0. The minimum absolute atomic E-state index is 0.639. The fraction of sp³-hybridized carbons (Fsp3) is 0. The van der Waals surface area contributed by atoms with Crippen molar-refractivity contribution in [1.29, 1.82) is 0 Å². The highest BCUT2D eigenvalue weighted by Crippen LogP contribution is 2.40. The number of nitrogens with zero attached hydrogens (tertiary/aromatic N) is 3. The second-order valence-electron chi connectivity index (χ2n) is 10.5.